The van der Waals surface area contributed by atoms with Gasteiger partial charge in [0, 0.05) is 15.8 Å². The molecule has 0 radical (unpaired) electrons. The number of carbonyl (C=O) groups excluding carboxylic acids is 2. The number of anilines is 3. The summed E-state index contributed by atoms with van der Waals surface area (Å²) in [6, 6.07) is 21.9. The Morgan fingerprint density at radius 1 is 0.812 bits per heavy atom. The molecule has 0 spiro atoms. The molecule has 0 aliphatic carbocycles. The van der Waals surface area contributed by atoms with Crippen molar-refractivity contribution in [3.63, 3.8) is 0 Å². The molecule has 7 heteroatoms. The number of benzene rings is 3. The number of amides is 3. The van der Waals surface area contributed by atoms with Crippen LogP contribution in [0.2, 0.25) is 5.02 Å². The van der Waals surface area contributed by atoms with E-state index >= 15 is 0 Å². The third kappa shape index (κ3) is 4.77. The highest BCUT2D eigenvalue weighted by Crippen LogP contribution is 2.36. The predicted octanol–water partition coefficient (Wildman–Crippen LogP) is 7.57. The number of fused-ring (bicyclic) bond motifs is 1. The Bertz CT molecular complexity index is 1280. The van der Waals surface area contributed by atoms with Crippen molar-refractivity contribution in [2.24, 2.45) is 0 Å². The highest BCUT2D eigenvalue weighted by molar-refractivity contribution is 7.21. The molecule has 32 heavy (non-hydrogen) atoms. The van der Waals surface area contributed by atoms with Gasteiger partial charge in [0.1, 0.15) is 4.88 Å². The zero-order valence-electron chi connectivity index (χ0n) is 17.6. The molecule has 162 valence electrons. The van der Waals surface area contributed by atoms with Gasteiger partial charge in [0.05, 0.1) is 16.4 Å². The molecule has 3 N–H and O–H groups in total. The van der Waals surface area contributed by atoms with Crippen LogP contribution in [0.5, 0.6) is 0 Å². The quantitative estimate of drug-likeness (QED) is 0.285. The Morgan fingerprint density at radius 3 is 2.09 bits per heavy atom. The van der Waals surface area contributed by atoms with Crippen LogP contribution in [0.4, 0.5) is 21.9 Å². The van der Waals surface area contributed by atoms with Crippen LogP contribution in [-0.2, 0) is 0 Å². The number of hydrogen-bond acceptors (Lipinski definition) is 3. The fraction of sp³-hybridized carbons (Fsp3) is 0.120. The van der Waals surface area contributed by atoms with E-state index in [2.05, 4.69) is 29.8 Å². The molecule has 0 aliphatic rings. The van der Waals surface area contributed by atoms with Gasteiger partial charge in [0.15, 0.2) is 0 Å². The Morgan fingerprint density at radius 2 is 1.44 bits per heavy atom. The predicted molar refractivity (Wildman–Crippen MR) is 134 cm³/mol. The van der Waals surface area contributed by atoms with E-state index < -0.39 is 6.03 Å². The molecule has 0 saturated heterocycles. The zero-order valence-corrected chi connectivity index (χ0v) is 19.2. The molecule has 1 aromatic heterocycles. The van der Waals surface area contributed by atoms with Crippen LogP contribution in [0.25, 0.3) is 10.1 Å². The van der Waals surface area contributed by atoms with Gasteiger partial charge in [-0.2, -0.15) is 0 Å². The van der Waals surface area contributed by atoms with Crippen LogP contribution >= 0.6 is 22.9 Å². The first-order chi connectivity index (χ1) is 15.4. The van der Waals surface area contributed by atoms with Crippen LogP contribution < -0.4 is 16.0 Å². The Labute approximate surface area is 195 Å². The molecule has 0 aliphatic heterocycles. The van der Waals surface area contributed by atoms with E-state index in [0.717, 1.165) is 10.1 Å². The standard InChI is InChI=1S/C25H22ClN3O2S/c1-15(2)16-11-13-17(14-12-16)27-25(31)29-20-9-5-4-8-19(20)28-24(30)23-22(26)18-7-3-6-10-21(18)32-23/h3-15H,1-2H3,(H,28,30)(H2,27,29,31). The molecule has 0 atom stereocenters. The second-order valence-corrected chi connectivity index (χ2v) is 9.03. The van der Waals surface area contributed by atoms with E-state index in [1.807, 2.05) is 48.5 Å². The maximum atomic E-state index is 12.9. The van der Waals surface area contributed by atoms with E-state index in [0.29, 0.717) is 32.9 Å². The van der Waals surface area contributed by atoms with Gasteiger partial charge in [0.25, 0.3) is 5.91 Å². The van der Waals surface area contributed by atoms with Gasteiger partial charge >= 0.3 is 6.03 Å². The number of carbonyl (C=O) groups is 2. The lowest BCUT2D eigenvalue weighted by atomic mass is 10.0. The summed E-state index contributed by atoms with van der Waals surface area (Å²) in [4.78, 5) is 25.9. The molecule has 0 saturated carbocycles. The lowest BCUT2D eigenvalue weighted by Crippen LogP contribution is -2.21. The molecule has 0 unspecified atom stereocenters. The van der Waals surface area contributed by atoms with Gasteiger partial charge in [0.2, 0.25) is 0 Å². The topological polar surface area (TPSA) is 70.2 Å². The van der Waals surface area contributed by atoms with Crippen molar-refractivity contribution in [3.05, 3.63) is 88.3 Å². The van der Waals surface area contributed by atoms with Crippen LogP contribution in [-0.4, -0.2) is 11.9 Å². The summed E-state index contributed by atoms with van der Waals surface area (Å²) in [5, 5.41) is 9.75. The summed E-state index contributed by atoms with van der Waals surface area (Å²) in [5.74, 6) is 0.0953. The van der Waals surface area contributed by atoms with Gasteiger partial charge in [-0.05, 0) is 41.8 Å². The van der Waals surface area contributed by atoms with E-state index in [9.17, 15) is 9.59 Å². The van der Waals surface area contributed by atoms with Crippen LogP contribution in [0, 0.1) is 0 Å². The maximum Gasteiger partial charge on any atom is 0.323 e. The third-order valence-electron chi connectivity index (χ3n) is 5.00. The smallest absolute Gasteiger partial charge is 0.319 e. The molecular weight excluding hydrogens is 442 g/mol. The van der Waals surface area contributed by atoms with Crippen LogP contribution in [0.3, 0.4) is 0 Å². The normalized spacial score (nSPS) is 10.9. The third-order valence-corrected chi connectivity index (χ3v) is 6.67. The highest BCUT2D eigenvalue weighted by atomic mass is 35.5. The monoisotopic (exact) mass is 463 g/mol. The Balaban J connectivity index is 1.48. The van der Waals surface area contributed by atoms with E-state index in [-0.39, 0.29) is 5.91 Å². The second kappa shape index (κ2) is 9.42. The summed E-state index contributed by atoms with van der Waals surface area (Å²) in [7, 11) is 0. The van der Waals surface area contributed by atoms with Gasteiger partial charge in [-0.3, -0.25) is 4.79 Å². The fourth-order valence-corrected chi connectivity index (χ4v) is 4.69. The van der Waals surface area contributed by atoms with Gasteiger partial charge in [-0.25, -0.2) is 4.79 Å². The first kappa shape index (κ1) is 21.9. The summed E-state index contributed by atoms with van der Waals surface area (Å²) in [6.07, 6.45) is 0. The Kier molecular flexibility index (Phi) is 6.44. The van der Waals surface area contributed by atoms with E-state index in [1.54, 1.807) is 24.3 Å². The van der Waals surface area contributed by atoms with Crippen molar-refractivity contribution >= 4 is 62.0 Å². The molecule has 0 bridgehead atoms. The van der Waals surface area contributed by atoms with Crippen LogP contribution in [0.15, 0.2) is 72.8 Å². The van der Waals surface area contributed by atoms with Crippen LogP contribution in [0.1, 0.15) is 35.0 Å². The van der Waals surface area contributed by atoms with E-state index in [4.69, 9.17) is 11.6 Å². The van der Waals surface area contributed by atoms with Crippen molar-refractivity contribution in [1.29, 1.82) is 0 Å². The SMILES string of the molecule is CC(C)c1ccc(NC(=O)Nc2ccccc2NC(=O)c2sc3ccccc3c2Cl)cc1. The molecule has 4 rings (SSSR count). The van der Waals surface area contributed by atoms with Gasteiger partial charge in [-0.1, -0.05) is 67.9 Å². The molecule has 4 aromatic rings. The second-order valence-electron chi connectivity index (χ2n) is 7.60. The maximum absolute atomic E-state index is 12.9. The minimum Gasteiger partial charge on any atom is -0.319 e. The number of para-hydroxylation sites is 2. The number of nitrogens with one attached hydrogen (secondary N) is 3. The molecule has 5 nitrogen and oxygen atoms in total. The summed E-state index contributed by atoms with van der Waals surface area (Å²) < 4.78 is 0.942. The minimum atomic E-state index is -0.399. The van der Waals surface area contributed by atoms with E-state index in [1.165, 1.54) is 16.9 Å². The number of hydrogen-bond donors (Lipinski definition) is 3. The van der Waals surface area contributed by atoms with Crippen molar-refractivity contribution < 1.29 is 9.59 Å². The van der Waals surface area contributed by atoms with Crippen molar-refractivity contribution in [2.75, 3.05) is 16.0 Å². The number of rotatable bonds is 5. The summed E-state index contributed by atoms with van der Waals surface area (Å²) >= 11 is 7.77. The largest absolute Gasteiger partial charge is 0.323 e. The first-order valence-electron chi connectivity index (χ1n) is 10.2. The number of halogens is 1. The first-order valence-corrected chi connectivity index (χ1v) is 11.4. The molecule has 1 heterocycles. The molecule has 3 aromatic carbocycles. The average Bonchev–Trinajstić information content (AvgIpc) is 3.12. The summed E-state index contributed by atoms with van der Waals surface area (Å²) in [5.41, 5.74) is 2.85. The van der Waals surface area contributed by atoms with Crippen molar-refractivity contribution in [2.45, 2.75) is 19.8 Å². The summed E-state index contributed by atoms with van der Waals surface area (Å²) in [6.45, 7) is 4.23. The average molecular weight is 464 g/mol. The Hall–Kier alpha value is -3.35. The minimum absolute atomic E-state index is 0.324. The highest BCUT2D eigenvalue weighted by Gasteiger charge is 2.18. The molecule has 0 fully saturated rings. The van der Waals surface area contributed by atoms with Crippen molar-refractivity contribution in [1.82, 2.24) is 0 Å². The lowest BCUT2D eigenvalue weighted by Gasteiger charge is -2.13. The number of thiophene rings is 1. The molecular formula is C25H22ClN3O2S. The number of urea groups is 1. The van der Waals surface area contributed by atoms with Crippen molar-refractivity contribution in [3.8, 4) is 0 Å². The van der Waals surface area contributed by atoms with Gasteiger partial charge < -0.3 is 16.0 Å². The molecule has 3 amide bonds. The fourth-order valence-electron chi connectivity index (χ4n) is 3.28. The lowest BCUT2D eigenvalue weighted by molar-refractivity contribution is 0.103. The van der Waals surface area contributed by atoms with Gasteiger partial charge in [-0.15, -0.1) is 11.3 Å². The zero-order chi connectivity index (χ0) is 22.7.